The van der Waals surface area contributed by atoms with Gasteiger partial charge in [0.15, 0.2) is 0 Å². The van der Waals surface area contributed by atoms with E-state index < -0.39 is 31.9 Å². The third kappa shape index (κ3) is 5.57. The third-order valence-electron chi connectivity index (χ3n) is 2.69. The van der Waals surface area contributed by atoms with Gasteiger partial charge in [-0.3, -0.25) is 9.36 Å². The van der Waals surface area contributed by atoms with E-state index in [4.69, 9.17) is 10.5 Å². The molecule has 1 unspecified atom stereocenters. The Bertz CT molecular complexity index is 541. The van der Waals surface area contributed by atoms with Crippen LogP contribution in [-0.2, 0) is 34.5 Å². The van der Waals surface area contributed by atoms with E-state index in [1.807, 2.05) is 6.07 Å². The summed E-state index contributed by atoms with van der Waals surface area (Å²) in [6.07, 6.45) is -1.68. The fourth-order valence-electron chi connectivity index (χ4n) is 1.51. The van der Waals surface area contributed by atoms with Crippen LogP contribution in [0, 0.1) is 0 Å². The first kappa shape index (κ1) is 18.3. The maximum absolute atomic E-state index is 11.9. The van der Waals surface area contributed by atoms with E-state index in [9.17, 15) is 14.2 Å². The van der Waals surface area contributed by atoms with Crippen molar-refractivity contribution in [2.24, 2.45) is 5.73 Å². The lowest BCUT2D eigenvalue weighted by Gasteiger charge is -2.19. The Morgan fingerprint density at radius 1 is 1.18 bits per heavy atom. The van der Waals surface area contributed by atoms with Gasteiger partial charge >= 0.3 is 19.7 Å². The van der Waals surface area contributed by atoms with Gasteiger partial charge in [0.25, 0.3) is 0 Å². The fraction of sp³-hybridized carbons (Fsp3) is 0.385. The molecule has 8 nitrogen and oxygen atoms in total. The number of rotatable bonds is 7. The van der Waals surface area contributed by atoms with E-state index in [-0.39, 0.29) is 6.61 Å². The maximum atomic E-state index is 11.9. The Morgan fingerprint density at radius 2 is 1.77 bits per heavy atom. The SMILES string of the molecule is COP(=O)(OC)C(N)CC(=O)OC(=O)OCc1ccccc1. The van der Waals surface area contributed by atoms with Crippen molar-refractivity contribution in [3.63, 3.8) is 0 Å². The molecule has 0 aliphatic rings. The highest BCUT2D eigenvalue weighted by Crippen LogP contribution is 2.50. The topological polar surface area (TPSA) is 114 Å². The Kier molecular flexibility index (Phi) is 7.20. The van der Waals surface area contributed by atoms with Gasteiger partial charge in [-0.25, -0.2) is 4.79 Å². The van der Waals surface area contributed by atoms with E-state index >= 15 is 0 Å². The summed E-state index contributed by atoms with van der Waals surface area (Å²) >= 11 is 0. The second kappa shape index (κ2) is 8.65. The molecule has 22 heavy (non-hydrogen) atoms. The van der Waals surface area contributed by atoms with Crippen LogP contribution in [0.2, 0.25) is 0 Å². The van der Waals surface area contributed by atoms with Crippen LogP contribution in [0.3, 0.4) is 0 Å². The molecule has 0 aliphatic heterocycles. The van der Waals surface area contributed by atoms with Gasteiger partial charge in [-0.05, 0) is 5.56 Å². The van der Waals surface area contributed by atoms with Crippen molar-refractivity contribution in [2.45, 2.75) is 18.8 Å². The second-order valence-corrected chi connectivity index (χ2v) is 6.65. The van der Waals surface area contributed by atoms with E-state index in [0.29, 0.717) is 0 Å². The number of ether oxygens (including phenoxy) is 2. The Morgan fingerprint density at radius 3 is 2.32 bits per heavy atom. The molecule has 0 fully saturated rings. The van der Waals surface area contributed by atoms with Gasteiger partial charge < -0.3 is 24.3 Å². The molecule has 0 amide bonds. The summed E-state index contributed by atoms with van der Waals surface area (Å²) in [6, 6.07) is 8.87. The fourth-order valence-corrected chi connectivity index (χ4v) is 2.57. The van der Waals surface area contributed by atoms with Crippen molar-refractivity contribution in [3.05, 3.63) is 35.9 Å². The van der Waals surface area contributed by atoms with Gasteiger partial charge in [0, 0.05) is 14.2 Å². The molecule has 0 bridgehead atoms. The van der Waals surface area contributed by atoms with Gasteiger partial charge in [-0.15, -0.1) is 0 Å². The molecule has 1 rings (SSSR count). The van der Waals surface area contributed by atoms with Gasteiger partial charge in [-0.1, -0.05) is 30.3 Å². The summed E-state index contributed by atoms with van der Waals surface area (Å²) in [5.41, 5.74) is 6.29. The first-order valence-electron chi connectivity index (χ1n) is 6.29. The first-order valence-corrected chi connectivity index (χ1v) is 7.90. The van der Waals surface area contributed by atoms with Crippen molar-refractivity contribution in [1.82, 2.24) is 0 Å². The highest BCUT2D eigenvalue weighted by atomic mass is 31.2. The van der Waals surface area contributed by atoms with Crippen molar-refractivity contribution >= 4 is 19.7 Å². The standard InChI is InChI=1S/C13H18NO7P/c1-18-22(17,19-2)11(14)8-12(15)21-13(16)20-9-10-6-4-3-5-7-10/h3-7,11H,8-9,14H2,1-2H3. The van der Waals surface area contributed by atoms with Gasteiger partial charge in [0.05, 0.1) is 6.42 Å². The van der Waals surface area contributed by atoms with Crippen LogP contribution in [0.5, 0.6) is 0 Å². The lowest BCUT2D eigenvalue weighted by molar-refractivity contribution is -0.140. The number of esters is 1. The molecular weight excluding hydrogens is 313 g/mol. The van der Waals surface area contributed by atoms with E-state index in [1.165, 1.54) is 0 Å². The van der Waals surface area contributed by atoms with Crippen LogP contribution >= 0.6 is 7.60 Å². The predicted molar refractivity (Wildman–Crippen MR) is 76.9 cm³/mol. The van der Waals surface area contributed by atoms with Gasteiger partial charge in [0.1, 0.15) is 12.4 Å². The zero-order valence-corrected chi connectivity index (χ0v) is 13.2. The molecule has 0 saturated heterocycles. The molecule has 1 aromatic rings. The average molecular weight is 331 g/mol. The molecule has 0 spiro atoms. The van der Waals surface area contributed by atoms with Crippen molar-refractivity contribution < 1.29 is 32.7 Å². The smallest absolute Gasteiger partial charge is 0.429 e. The molecule has 1 aromatic carbocycles. The second-order valence-electron chi connectivity index (χ2n) is 4.17. The minimum atomic E-state index is -3.61. The lowest BCUT2D eigenvalue weighted by Crippen LogP contribution is -2.27. The Balaban J connectivity index is 2.41. The van der Waals surface area contributed by atoms with Crippen molar-refractivity contribution in [2.75, 3.05) is 14.2 Å². The first-order chi connectivity index (χ1) is 10.4. The molecular formula is C13H18NO7P. The Hall–Kier alpha value is -1.73. The number of hydrogen-bond donors (Lipinski definition) is 1. The number of hydrogen-bond acceptors (Lipinski definition) is 8. The van der Waals surface area contributed by atoms with Crippen molar-refractivity contribution in [1.29, 1.82) is 0 Å². The third-order valence-corrected chi connectivity index (χ3v) is 4.70. The minimum Gasteiger partial charge on any atom is -0.429 e. The zero-order chi connectivity index (χ0) is 16.6. The predicted octanol–water partition coefficient (Wildman–Crippen LogP) is 2.03. The molecule has 0 heterocycles. The summed E-state index contributed by atoms with van der Waals surface area (Å²) in [5.74, 6) is -2.23. The Labute approximate surface area is 128 Å². The number of carbonyl (C=O) groups is 2. The number of carbonyl (C=O) groups excluding carboxylic acids is 2. The number of nitrogens with two attached hydrogens (primary N) is 1. The highest BCUT2D eigenvalue weighted by molar-refractivity contribution is 7.54. The largest absolute Gasteiger partial charge is 0.516 e. The van der Waals surface area contributed by atoms with Crippen LogP contribution in [0.4, 0.5) is 4.79 Å². The molecule has 9 heteroatoms. The summed E-state index contributed by atoms with van der Waals surface area (Å²) in [7, 11) is -1.32. The summed E-state index contributed by atoms with van der Waals surface area (Å²) in [4.78, 5) is 22.9. The van der Waals surface area contributed by atoms with E-state index in [0.717, 1.165) is 19.8 Å². The van der Waals surface area contributed by atoms with E-state index in [1.54, 1.807) is 24.3 Å². The molecule has 122 valence electrons. The molecule has 0 aliphatic carbocycles. The van der Waals surface area contributed by atoms with Crippen LogP contribution in [0.1, 0.15) is 12.0 Å². The van der Waals surface area contributed by atoms with Crippen molar-refractivity contribution in [3.8, 4) is 0 Å². The average Bonchev–Trinajstić information content (AvgIpc) is 2.52. The highest BCUT2D eigenvalue weighted by Gasteiger charge is 2.33. The summed E-state index contributed by atoms with van der Waals surface area (Å²) < 4.78 is 30.4. The quantitative estimate of drug-likeness (QED) is 0.458. The van der Waals surface area contributed by atoms with Crippen LogP contribution in [0.15, 0.2) is 30.3 Å². The molecule has 0 radical (unpaired) electrons. The normalized spacial score (nSPS) is 12.5. The van der Waals surface area contributed by atoms with Crippen LogP contribution in [0.25, 0.3) is 0 Å². The molecule has 1 atom stereocenters. The van der Waals surface area contributed by atoms with E-state index in [2.05, 4.69) is 13.8 Å². The number of benzene rings is 1. The lowest BCUT2D eigenvalue weighted by atomic mass is 10.2. The van der Waals surface area contributed by atoms with Crippen LogP contribution in [-0.4, -0.2) is 32.1 Å². The maximum Gasteiger partial charge on any atom is 0.516 e. The zero-order valence-electron chi connectivity index (χ0n) is 12.3. The summed E-state index contributed by atoms with van der Waals surface area (Å²) in [5, 5.41) is 0. The monoisotopic (exact) mass is 331 g/mol. The molecule has 0 saturated carbocycles. The van der Waals surface area contributed by atoms with Gasteiger partial charge in [-0.2, -0.15) is 0 Å². The van der Waals surface area contributed by atoms with Gasteiger partial charge in [0.2, 0.25) is 0 Å². The molecule has 2 N–H and O–H groups in total. The molecule has 0 aromatic heterocycles. The minimum absolute atomic E-state index is 0.0341. The van der Waals surface area contributed by atoms with Crippen LogP contribution < -0.4 is 5.73 Å². The summed E-state index contributed by atoms with van der Waals surface area (Å²) in [6.45, 7) is -0.0341.